The van der Waals surface area contributed by atoms with Gasteiger partial charge in [-0.1, -0.05) is 30.0 Å². The molecular formula is C34H27F2IN2O4S. The quantitative estimate of drug-likeness (QED) is 0.122. The highest BCUT2D eigenvalue weighted by molar-refractivity contribution is 14.1. The van der Waals surface area contributed by atoms with Crippen LogP contribution in [0.25, 0.3) is 0 Å². The summed E-state index contributed by atoms with van der Waals surface area (Å²) < 4.78 is 36.5. The number of halogens is 3. The molecule has 0 saturated heterocycles. The molecule has 10 heteroatoms. The average molecular weight is 725 g/mol. The van der Waals surface area contributed by atoms with Gasteiger partial charge in [-0.3, -0.25) is 0 Å². The van der Waals surface area contributed by atoms with Crippen molar-refractivity contribution in [2.45, 2.75) is 9.79 Å². The highest BCUT2D eigenvalue weighted by Crippen LogP contribution is 2.32. The molecule has 2 N–H and O–H groups in total. The van der Waals surface area contributed by atoms with Crippen molar-refractivity contribution in [3.8, 4) is 0 Å². The zero-order valence-corrected chi connectivity index (χ0v) is 26.6. The van der Waals surface area contributed by atoms with Crippen LogP contribution in [0, 0.1) is 15.2 Å². The Morgan fingerprint density at radius 3 is 1.59 bits per heavy atom. The number of methoxy groups -OCH3 is 2. The van der Waals surface area contributed by atoms with Crippen LogP contribution in [0.1, 0.15) is 20.7 Å². The second-order valence-electron chi connectivity index (χ2n) is 9.06. The number of carbonyl (C=O) groups is 2. The van der Waals surface area contributed by atoms with E-state index in [-0.39, 0.29) is 11.6 Å². The van der Waals surface area contributed by atoms with E-state index in [0.29, 0.717) is 33.9 Å². The van der Waals surface area contributed by atoms with E-state index in [9.17, 15) is 18.4 Å². The summed E-state index contributed by atoms with van der Waals surface area (Å²) in [5.41, 5.74) is 3.49. The lowest BCUT2D eigenvalue weighted by Crippen LogP contribution is -2.06. The van der Waals surface area contributed by atoms with Crippen molar-refractivity contribution in [1.82, 2.24) is 0 Å². The molecule has 0 spiro atoms. The summed E-state index contributed by atoms with van der Waals surface area (Å²) >= 11 is 3.74. The standard InChI is InChI=1S/C20H16FNO2S.C14H11FINO2/c1-24-20(23)18-12-11-17(25-16-5-3-2-4-6-16)13-19(18)22-15-9-7-14(21)8-10-15;1-19-14(18)12-7-4-10(16)8-13(12)17-11-5-2-9(15)3-6-11/h2-13,22H,1H3;2-8,17H,1H3. The monoisotopic (exact) mass is 724 g/mol. The SMILES string of the molecule is COC(=O)c1ccc(I)cc1Nc1ccc(F)cc1.COC(=O)c1ccc(Sc2ccccc2)cc1Nc1ccc(F)cc1. The molecule has 0 aliphatic heterocycles. The highest BCUT2D eigenvalue weighted by atomic mass is 127. The van der Waals surface area contributed by atoms with Gasteiger partial charge in [0.05, 0.1) is 36.7 Å². The minimum Gasteiger partial charge on any atom is -0.465 e. The molecule has 0 aliphatic carbocycles. The topological polar surface area (TPSA) is 76.7 Å². The Kier molecular flexibility index (Phi) is 11.7. The molecule has 5 rings (SSSR count). The Morgan fingerprint density at radius 2 is 1.09 bits per heavy atom. The van der Waals surface area contributed by atoms with Crippen LogP contribution >= 0.6 is 34.4 Å². The summed E-state index contributed by atoms with van der Waals surface area (Å²) in [7, 11) is 2.68. The smallest absolute Gasteiger partial charge is 0.339 e. The van der Waals surface area contributed by atoms with Crippen molar-refractivity contribution in [3.05, 3.63) is 142 Å². The normalized spacial score (nSPS) is 10.2. The fourth-order valence-electron chi connectivity index (χ4n) is 3.89. The molecule has 0 atom stereocenters. The second-order valence-corrected chi connectivity index (χ2v) is 11.5. The van der Waals surface area contributed by atoms with Crippen LogP contribution in [0.5, 0.6) is 0 Å². The van der Waals surface area contributed by atoms with Gasteiger partial charge in [0.2, 0.25) is 0 Å². The summed E-state index contributed by atoms with van der Waals surface area (Å²) in [6.45, 7) is 0. The summed E-state index contributed by atoms with van der Waals surface area (Å²) in [4.78, 5) is 25.8. The van der Waals surface area contributed by atoms with Gasteiger partial charge in [-0.05, 0) is 120 Å². The van der Waals surface area contributed by atoms with Gasteiger partial charge in [0.15, 0.2) is 0 Å². The van der Waals surface area contributed by atoms with E-state index in [4.69, 9.17) is 9.47 Å². The fourth-order valence-corrected chi connectivity index (χ4v) is 5.26. The molecule has 0 bridgehead atoms. The van der Waals surface area contributed by atoms with Crippen molar-refractivity contribution in [1.29, 1.82) is 0 Å². The summed E-state index contributed by atoms with van der Waals surface area (Å²) in [6.07, 6.45) is 0. The molecule has 0 saturated carbocycles. The summed E-state index contributed by atoms with van der Waals surface area (Å²) in [6, 6.07) is 32.7. The van der Waals surface area contributed by atoms with Crippen molar-refractivity contribution in [3.63, 3.8) is 0 Å². The van der Waals surface area contributed by atoms with Gasteiger partial charge in [-0.15, -0.1) is 0 Å². The Morgan fingerprint density at radius 1 is 0.614 bits per heavy atom. The molecule has 224 valence electrons. The zero-order chi connectivity index (χ0) is 31.5. The number of carbonyl (C=O) groups excluding carboxylic acids is 2. The number of anilines is 4. The van der Waals surface area contributed by atoms with Gasteiger partial charge < -0.3 is 20.1 Å². The van der Waals surface area contributed by atoms with Gasteiger partial charge >= 0.3 is 11.9 Å². The predicted molar refractivity (Wildman–Crippen MR) is 178 cm³/mol. The van der Waals surface area contributed by atoms with Crippen molar-refractivity contribution >= 4 is 69.0 Å². The van der Waals surface area contributed by atoms with E-state index in [1.807, 2.05) is 54.6 Å². The maximum Gasteiger partial charge on any atom is 0.339 e. The number of rotatable bonds is 8. The van der Waals surface area contributed by atoms with Gasteiger partial charge in [-0.2, -0.15) is 0 Å². The Balaban J connectivity index is 0.000000209. The Hall–Kier alpha value is -4.42. The minimum absolute atomic E-state index is 0.304. The number of benzene rings is 5. The van der Waals surface area contributed by atoms with Gasteiger partial charge in [0, 0.05) is 24.7 Å². The molecule has 0 aliphatic rings. The van der Waals surface area contributed by atoms with Crippen molar-refractivity contribution < 1.29 is 27.8 Å². The van der Waals surface area contributed by atoms with Crippen LogP contribution in [0.3, 0.4) is 0 Å². The van der Waals surface area contributed by atoms with E-state index in [1.165, 1.54) is 38.5 Å². The number of hydrogen-bond donors (Lipinski definition) is 2. The lowest BCUT2D eigenvalue weighted by molar-refractivity contribution is 0.0593. The van der Waals surface area contributed by atoms with Crippen molar-refractivity contribution in [2.75, 3.05) is 24.9 Å². The first-order valence-corrected chi connectivity index (χ1v) is 15.0. The van der Waals surface area contributed by atoms with E-state index < -0.39 is 11.9 Å². The number of hydrogen-bond acceptors (Lipinski definition) is 7. The largest absolute Gasteiger partial charge is 0.465 e. The molecule has 44 heavy (non-hydrogen) atoms. The van der Waals surface area contributed by atoms with Crippen LogP contribution in [0.15, 0.2) is 125 Å². The fraction of sp³-hybridized carbons (Fsp3) is 0.0588. The van der Waals surface area contributed by atoms with Crippen LogP contribution in [-0.2, 0) is 9.47 Å². The van der Waals surface area contributed by atoms with E-state index in [1.54, 1.807) is 48.2 Å². The van der Waals surface area contributed by atoms with Crippen molar-refractivity contribution in [2.24, 2.45) is 0 Å². The maximum atomic E-state index is 13.1. The third-order valence-electron chi connectivity index (χ3n) is 6.01. The lowest BCUT2D eigenvalue weighted by Gasteiger charge is -2.13. The number of nitrogens with one attached hydrogen (secondary N) is 2. The third kappa shape index (κ3) is 9.29. The molecule has 5 aromatic carbocycles. The summed E-state index contributed by atoms with van der Waals surface area (Å²) in [5, 5.41) is 6.24. The molecule has 0 heterocycles. The maximum absolute atomic E-state index is 13.1. The number of ether oxygens (including phenoxy) is 2. The van der Waals surface area contributed by atoms with E-state index in [0.717, 1.165) is 13.4 Å². The Bertz CT molecular complexity index is 1720. The molecule has 0 amide bonds. The zero-order valence-electron chi connectivity index (χ0n) is 23.6. The first-order chi connectivity index (χ1) is 21.2. The first-order valence-electron chi connectivity index (χ1n) is 13.1. The minimum atomic E-state index is -0.430. The predicted octanol–water partition coefficient (Wildman–Crippen LogP) is 9.47. The van der Waals surface area contributed by atoms with Crippen LogP contribution < -0.4 is 10.6 Å². The van der Waals surface area contributed by atoms with Gasteiger partial charge in [0.25, 0.3) is 0 Å². The molecule has 0 unspecified atom stereocenters. The van der Waals surface area contributed by atoms with E-state index >= 15 is 0 Å². The van der Waals surface area contributed by atoms with Crippen LogP contribution in [-0.4, -0.2) is 26.2 Å². The molecule has 0 aromatic heterocycles. The average Bonchev–Trinajstić information content (AvgIpc) is 3.03. The third-order valence-corrected chi connectivity index (χ3v) is 7.68. The van der Waals surface area contributed by atoms with Crippen LogP contribution in [0.2, 0.25) is 0 Å². The molecule has 0 fully saturated rings. The lowest BCUT2D eigenvalue weighted by atomic mass is 10.1. The van der Waals surface area contributed by atoms with Gasteiger partial charge in [0.1, 0.15) is 11.6 Å². The van der Waals surface area contributed by atoms with Crippen LogP contribution in [0.4, 0.5) is 31.5 Å². The molecule has 0 radical (unpaired) electrons. The van der Waals surface area contributed by atoms with E-state index in [2.05, 4.69) is 33.2 Å². The summed E-state index contributed by atoms with van der Waals surface area (Å²) in [5.74, 6) is -1.46. The first kappa shape index (κ1) is 32.5. The number of esters is 2. The molecule has 6 nitrogen and oxygen atoms in total. The highest BCUT2D eigenvalue weighted by Gasteiger charge is 2.14. The van der Waals surface area contributed by atoms with Gasteiger partial charge in [-0.25, -0.2) is 18.4 Å². The molecular weight excluding hydrogens is 697 g/mol. The second kappa shape index (κ2) is 15.9. The Labute approximate surface area is 271 Å². The molecule has 5 aromatic rings.